The van der Waals surface area contributed by atoms with Gasteiger partial charge in [-0.15, -0.1) is 0 Å². The zero-order valence-corrected chi connectivity index (χ0v) is 6.26. The molecule has 0 aliphatic rings. The molecule has 0 radical (unpaired) electrons. The molecule has 0 spiro atoms. The fourth-order valence-corrected chi connectivity index (χ4v) is 0.532. The van der Waals surface area contributed by atoms with Gasteiger partial charge in [-0.3, -0.25) is 4.79 Å². The second-order valence-electron chi connectivity index (χ2n) is 1.88. The molecule has 0 aromatic carbocycles. The van der Waals surface area contributed by atoms with Crippen molar-refractivity contribution in [2.24, 2.45) is 0 Å². The van der Waals surface area contributed by atoms with E-state index in [4.69, 9.17) is 0 Å². The molecule has 0 bridgehead atoms. The molecular formula is C8H13NO. The van der Waals surface area contributed by atoms with Gasteiger partial charge in [-0.25, -0.2) is 0 Å². The van der Waals surface area contributed by atoms with Crippen LogP contribution in [-0.2, 0) is 4.79 Å². The Morgan fingerprint density at radius 3 is 2.90 bits per heavy atom. The zero-order chi connectivity index (χ0) is 7.82. The highest BCUT2D eigenvalue weighted by atomic mass is 16.1. The van der Waals surface area contributed by atoms with E-state index in [0.717, 1.165) is 6.42 Å². The average molecular weight is 139 g/mol. The largest absolute Gasteiger partial charge is 0.359 e. The summed E-state index contributed by atoms with van der Waals surface area (Å²) in [6.07, 6.45) is 6.79. The lowest BCUT2D eigenvalue weighted by molar-refractivity contribution is -0.120. The summed E-state index contributed by atoms with van der Waals surface area (Å²) in [6.45, 7) is 3.51. The van der Waals surface area contributed by atoms with Crippen molar-refractivity contribution in [3.63, 3.8) is 0 Å². The summed E-state index contributed by atoms with van der Waals surface area (Å²) in [5.41, 5.74) is 0. The first-order chi connectivity index (χ1) is 4.81. The van der Waals surface area contributed by atoms with Gasteiger partial charge in [0.05, 0.1) is 0 Å². The number of amides is 1. The van der Waals surface area contributed by atoms with Crippen LogP contribution in [0.2, 0.25) is 0 Å². The Morgan fingerprint density at radius 2 is 2.40 bits per heavy atom. The third-order valence-corrected chi connectivity index (χ3v) is 1.09. The van der Waals surface area contributed by atoms with Gasteiger partial charge in [-0.05, 0) is 6.42 Å². The van der Waals surface area contributed by atoms with Crippen molar-refractivity contribution in [1.29, 1.82) is 0 Å². The molecule has 2 nitrogen and oxygen atoms in total. The molecule has 0 aliphatic carbocycles. The topological polar surface area (TPSA) is 29.1 Å². The van der Waals surface area contributed by atoms with Gasteiger partial charge in [0, 0.05) is 13.5 Å². The third-order valence-electron chi connectivity index (χ3n) is 1.09. The summed E-state index contributed by atoms with van der Waals surface area (Å²) in [5.74, 6) is 0.0775. The van der Waals surface area contributed by atoms with Crippen LogP contribution in [0.1, 0.15) is 12.8 Å². The van der Waals surface area contributed by atoms with E-state index in [1.165, 1.54) is 0 Å². The van der Waals surface area contributed by atoms with Gasteiger partial charge in [0.1, 0.15) is 0 Å². The summed E-state index contributed by atoms with van der Waals surface area (Å²) in [4.78, 5) is 10.6. The number of nitrogens with one attached hydrogen (secondary N) is 1. The molecule has 56 valence electrons. The van der Waals surface area contributed by atoms with Crippen LogP contribution in [-0.4, -0.2) is 13.0 Å². The van der Waals surface area contributed by atoms with Gasteiger partial charge in [0.15, 0.2) is 0 Å². The van der Waals surface area contributed by atoms with Crippen LogP contribution < -0.4 is 5.32 Å². The van der Waals surface area contributed by atoms with E-state index in [1.54, 1.807) is 13.1 Å². The van der Waals surface area contributed by atoms with Crippen molar-refractivity contribution in [2.75, 3.05) is 7.05 Å². The van der Waals surface area contributed by atoms with Gasteiger partial charge < -0.3 is 5.32 Å². The maximum absolute atomic E-state index is 10.6. The summed E-state index contributed by atoms with van der Waals surface area (Å²) in [6, 6.07) is 0. The molecule has 0 aliphatic heterocycles. The van der Waals surface area contributed by atoms with E-state index in [-0.39, 0.29) is 5.91 Å². The van der Waals surface area contributed by atoms with Crippen LogP contribution in [0, 0.1) is 0 Å². The first-order valence-corrected chi connectivity index (χ1v) is 3.29. The van der Waals surface area contributed by atoms with Crippen LogP contribution in [0.25, 0.3) is 0 Å². The minimum absolute atomic E-state index is 0.0775. The molecule has 0 aromatic heterocycles. The second kappa shape index (κ2) is 6.08. The number of carbonyl (C=O) groups is 1. The van der Waals surface area contributed by atoms with Crippen molar-refractivity contribution < 1.29 is 4.79 Å². The molecule has 0 rings (SSSR count). The van der Waals surface area contributed by atoms with Crippen LogP contribution in [0.15, 0.2) is 24.8 Å². The number of allylic oxidation sites excluding steroid dienone is 3. The van der Waals surface area contributed by atoms with Crippen LogP contribution >= 0.6 is 0 Å². The first kappa shape index (κ1) is 8.95. The molecule has 10 heavy (non-hydrogen) atoms. The second-order valence-corrected chi connectivity index (χ2v) is 1.88. The molecule has 1 amide bonds. The minimum Gasteiger partial charge on any atom is -0.359 e. The lowest BCUT2D eigenvalue weighted by Gasteiger charge is -1.92. The molecular weight excluding hydrogens is 126 g/mol. The molecule has 0 unspecified atom stereocenters. The lowest BCUT2D eigenvalue weighted by atomic mass is 10.3. The van der Waals surface area contributed by atoms with Gasteiger partial charge in [0.25, 0.3) is 0 Å². The van der Waals surface area contributed by atoms with E-state index in [1.807, 2.05) is 12.2 Å². The van der Waals surface area contributed by atoms with E-state index in [2.05, 4.69) is 11.9 Å². The Hall–Kier alpha value is -1.05. The highest BCUT2D eigenvalue weighted by molar-refractivity contribution is 5.75. The fraction of sp³-hybridized carbons (Fsp3) is 0.375. The van der Waals surface area contributed by atoms with Crippen LogP contribution in [0.4, 0.5) is 0 Å². The van der Waals surface area contributed by atoms with E-state index in [9.17, 15) is 4.79 Å². The van der Waals surface area contributed by atoms with E-state index < -0.39 is 0 Å². The maximum Gasteiger partial charge on any atom is 0.220 e. The highest BCUT2D eigenvalue weighted by Gasteiger charge is 1.91. The van der Waals surface area contributed by atoms with Gasteiger partial charge in [-0.2, -0.15) is 0 Å². The Labute approximate surface area is 61.6 Å². The number of hydrogen-bond donors (Lipinski definition) is 1. The van der Waals surface area contributed by atoms with E-state index in [0.29, 0.717) is 6.42 Å². The third kappa shape index (κ3) is 5.09. The van der Waals surface area contributed by atoms with Crippen LogP contribution in [0.5, 0.6) is 0 Å². The number of rotatable bonds is 4. The SMILES string of the molecule is C=C/C=C\CCC(=O)NC. The summed E-state index contributed by atoms with van der Waals surface area (Å²) in [7, 11) is 1.64. The van der Waals surface area contributed by atoms with Crippen molar-refractivity contribution in [3.8, 4) is 0 Å². The molecule has 0 atom stereocenters. The summed E-state index contributed by atoms with van der Waals surface area (Å²) < 4.78 is 0. The molecule has 0 saturated carbocycles. The molecule has 0 fully saturated rings. The van der Waals surface area contributed by atoms with Gasteiger partial charge >= 0.3 is 0 Å². The molecule has 0 aromatic rings. The molecule has 1 N–H and O–H groups in total. The normalized spacial score (nSPS) is 9.70. The monoisotopic (exact) mass is 139 g/mol. The first-order valence-electron chi connectivity index (χ1n) is 3.29. The van der Waals surface area contributed by atoms with Crippen molar-refractivity contribution in [1.82, 2.24) is 5.32 Å². The predicted octanol–water partition coefficient (Wildman–Crippen LogP) is 1.25. The molecule has 2 heteroatoms. The van der Waals surface area contributed by atoms with Crippen molar-refractivity contribution in [3.05, 3.63) is 24.8 Å². The number of carbonyl (C=O) groups excluding carboxylic acids is 1. The fourth-order valence-electron chi connectivity index (χ4n) is 0.532. The van der Waals surface area contributed by atoms with Crippen molar-refractivity contribution in [2.45, 2.75) is 12.8 Å². The predicted molar refractivity (Wildman–Crippen MR) is 42.6 cm³/mol. The summed E-state index contributed by atoms with van der Waals surface area (Å²) >= 11 is 0. The van der Waals surface area contributed by atoms with E-state index >= 15 is 0 Å². The zero-order valence-electron chi connectivity index (χ0n) is 6.26. The Morgan fingerprint density at radius 1 is 1.70 bits per heavy atom. The summed E-state index contributed by atoms with van der Waals surface area (Å²) in [5, 5.41) is 2.54. The molecule has 0 heterocycles. The minimum atomic E-state index is 0.0775. The Balaban J connectivity index is 3.27. The smallest absolute Gasteiger partial charge is 0.220 e. The standard InChI is InChI=1S/C8H13NO/c1-3-4-5-6-7-8(10)9-2/h3-5H,1,6-7H2,2H3,(H,9,10)/b5-4-. The van der Waals surface area contributed by atoms with Gasteiger partial charge in [0.2, 0.25) is 5.91 Å². The quantitative estimate of drug-likeness (QED) is 0.583. The average Bonchev–Trinajstić information content (AvgIpc) is 1.98. The Kier molecular flexibility index (Phi) is 5.44. The highest BCUT2D eigenvalue weighted by Crippen LogP contribution is 1.89. The Bertz CT molecular complexity index is 138. The number of hydrogen-bond acceptors (Lipinski definition) is 1. The molecule has 0 saturated heterocycles. The maximum atomic E-state index is 10.6. The lowest BCUT2D eigenvalue weighted by Crippen LogP contribution is -2.16. The van der Waals surface area contributed by atoms with Gasteiger partial charge in [-0.1, -0.05) is 24.8 Å². The van der Waals surface area contributed by atoms with Crippen LogP contribution in [0.3, 0.4) is 0 Å². The van der Waals surface area contributed by atoms with Crippen molar-refractivity contribution >= 4 is 5.91 Å².